The highest BCUT2D eigenvalue weighted by Crippen LogP contribution is 2.09. The third kappa shape index (κ3) is 2.82. The van der Waals surface area contributed by atoms with Crippen molar-refractivity contribution in [3.8, 4) is 0 Å². The van der Waals surface area contributed by atoms with Crippen molar-refractivity contribution in [1.29, 1.82) is 0 Å². The van der Waals surface area contributed by atoms with Crippen molar-refractivity contribution >= 4 is 17.4 Å². The van der Waals surface area contributed by atoms with E-state index in [9.17, 15) is 0 Å². The van der Waals surface area contributed by atoms with E-state index in [1.807, 2.05) is 18.8 Å². The Hall–Kier alpha value is -0.670. The lowest BCUT2D eigenvalue weighted by molar-refractivity contribution is 0.885. The SMILES string of the molecule is CNCC(C)=Cc1cncs1. The predicted molar refractivity (Wildman–Crippen MR) is 49.7 cm³/mol. The molecule has 1 aromatic heterocycles. The van der Waals surface area contributed by atoms with Crippen LogP contribution in [0.2, 0.25) is 0 Å². The van der Waals surface area contributed by atoms with Crippen LogP contribution in [-0.2, 0) is 0 Å². The maximum absolute atomic E-state index is 3.99. The summed E-state index contributed by atoms with van der Waals surface area (Å²) in [5.74, 6) is 0. The molecule has 0 saturated carbocycles. The fraction of sp³-hybridized carbons (Fsp3) is 0.375. The van der Waals surface area contributed by atoms with E-state index < -0.39 is 0 Å². The molecular formula is C8H12N2S. The van der Waals surface area contributed by atoms with Crippen molar-refractivity contribution < 1.29 is 0 Å². The number of nitrogens with one attached hydrogen (secondary N) is 1. The number of rotatable bonds is 3. The van der Waals surface area contributed by atoms with Gasteiger partial charge in [-0.1, -0.05) is 5.57 Å². The molecular weight excluding hydrogens is 156 g/mol. The molecule has 0 unspecified atom stereocenters. The molecule has 1 heterocycles. The highest BCUT2D eigenvalue weighted by Gasteiger charge is 1.90. The molecule has 0 aromatic carbocycles. The molecule has 0 saturated heterocycles. The van der Waals surface area contributed by atoms with Gasteiger partial charge in [0.05, 0.1) is 5.51 Å². The van der Waals surface area contributed by atoms with Crippen LogP contribution in [0, 0.1) is 0 Å². The van der Waals surface area contributed by atoms with Crippen LogP contribution in [0.4, 0.5) is 0 Å². The molecule has 3 heteroatoms. The minimum Gasteiger partial charge on any atom is -0.316 e. The molecule has 1 aromatic rings. The molecule has 0 aliphatic carbocycles. The third-order valence-corrected chi connectivity index (χ3v) is 2.02. The summed E-state index contributed by atoms with van der Waals surface area (Å²) < 4.78 is 0. The van der Waals surface area contributed by atoms with Gasteiger partial charge in [-0.05, 0) is 20.0 Å². The first kappa shape index (κ1) is 8.43. The largest absolute Gasteiger partial charge is 0.316 e. The standard InChI is InChI=1S/C8H12N2S/c1-7(4-9-2)3-8-5-10-6-11-8/h3,5-6,9H,4H2,1-2H3. The van der Waals surface area contributed by atoms with E-state index in [0.29, 0.717) is 0 Å². The highest BCUT2D eigenvalue weighted by atomic mass is 32.1. The van der Waals surface area contributed by atoms with Crippen molar-refractivity contribution in [2.24, 2.45) is 0 Å². The van der Waals surface area contributed by atoms with Gasteiger partial charge in [-0.2, -0.15) is 0 Å². The monoisotopic (exact) mass is 168 g/mol. The molecule has 0 atom stereocenters. The fourth-order valence-corrected chi connectivity index (χ4v) is 1.50. The smallest absolute Gasteiger partial charge is 0.0797 e. The van der Waals surface area contributed by atoms with Crippen molar-refractivity contribution in [3.05, 3.63) is 22.2 Å². The van der Waals surface area contributed by atoms with Gasteiger partial charge >= 0.3 is 0 Å². The average molecular weight is 168 g/mol. The molecule has 60 valence electrons. The summed E-state index contributed by atoms with van der Waals surface area (Å²) in [6, 6.07) is 0. The van der Waals surface area contributed by atoms with Crippen LogP contribution in [-0.4, -0.2) is 18.6 Å². The van der Waals surface area contributed by atoms with Crippen LogP contribution in [0.5, 0.6) is 0 Å². The molecule has 0 fully saturated rings. The van der Waals surface area contributed by atoms with Crippen LogP contribution in [0.15, 0.2) is 17.3 Å². The second kappa shape index (κ2) is 4.26. The molecule has 0 amide bonds. The van der Waals surface area contributed by atoms with Crippen LogP contribution in [0.25, 0.3) is 6.08 Å². The normalized spacial score (nSPS) is 12.0. The summed E-state index contributed by atoms with van der Waals surface area (Å²) in [6.45, 7) is 3.05. The van der Waals surface area contributed by atoms with Gasteiger partial charge in [0.1, 0.15) is 0 Å². The van der Waals surface area contributed by atoms with Crippen LogP contribution in [0.3, 0.4) is 0 Å². The zero-order valence-corrected chi connectivity index (χ0v) is 7.61. The van der Waals surface area contributed by atoms with Gasteiger partial charge in [0.2, 0.25) is 0 Å². The van der Waals surface area contributed by atoms with Gasteiger partial charge in [-0.25, -0.2) is 0 Å². The average Bonchev–Trinajstić information content (AvgIpc) is 2.40. The van der Waals surface area contributed by atoms with Gasteiger partial charge in [0.15, 0.2) is 0 Å². The van der Waals surface area contributed by atoms with Crippen molar-refractivity contribution in [2.45, 2.75) is 6.92 Å². The van der Waals surface area contributed by atoms with Crippen LogP contribution < -0.4 is 5.32 Å². The Balaban J connectivity index is 2.58. The van der Waals surface area contributed by atoms with Crippen LogP contribution >= 0.6 is 11.3 Å². The molecule has 1 N–H and O–H groups in total. The molecule has 0 spiro atoms. The molecule has 2 nitrogen and oxygen atoms in total. The van der Waals surface area contributed by atoms with E-state index in [2.05, 4.69) is 23.3 Å². The molecule has 11 heavy (non-hydrogen) atoms. The first-order valence-corrected chi connectivity index (χ1v) is 4.41. The van der Waals surface area contributed by atoms with E-state index in [0.717, 1.165) is 6.54 Å². The van der Waals surface area contributed by atoms with Gasteiger partial charge in [-0.15, -0.1) is 11.3 Å². The van der Waals surface area contributed by atoms with E-state index in [1.54, 1.807) is 11.3 Å². The Morgan fingerprint density at radius 3 is 3.18 bits per heavy atom. The lowest BCUT2D eigenvalue weighted by Crippen LogP contribution is -2.08. The Labute approximate surface area is 71.0 Å². The van der Waals surface area contributed by atoms with Crippen molar-refractivity contribution in [3.63, 3.8) is 0 Å². The Bertz CT molecular complexity index is 226. The van der Waals surface area contributed by atoms with E-state index in [-0.39, 0.29) is 0 Å². The van der Waals surface area contributed by atoms with Crippen molar-refractivity contribution in [2.75, 3.05) is 13.6 Å². The van der Waals surface area contributed by atoms with Crippen molar-refractivity contribution in [1.82, 2.24) is 10.3 Å². The summed E-state index contributed by atoms with van der Waals surface area (Å²) in [6.07, 6.45) is 4.03. The summed E-state index contributed by atoms with van der Waals surface area (Å²) >= 11 is 1.66. The highest BCUT2D eigenvalue weighted by molar-refractivity contribution is 7.10. The van der Waals surface area contributed by atoms with Gasteiger partial charge in [0, 0.05) is 17.6 Å². The molecule has 1 rings (SSSR count). The number of likely N-dealkylation sites (N-methyl/N-ethyl adjacent to an activating group) is 1. The third-order valence-electron chi connectivity index (χ3n) is 1.30. The molecule has 0 aliphatic heterocycles. The number of hydrogen-bond acceptors (Lipinski definition) is 3. The minimum absolute atomic E-state index is 0.942. The molecule has 0 aliphatic rings. The summed E-state index contributed by atoms with van der Waals surface area (Å²) in [4.78, 5) is 5.21. The van der Waals surface area contributed by atoms with E-state index in [1.165, 1.54) is 10.5 Å². The van der Waals surface area contributed by atoms with Gasteiger partial charge in [0.25, 0.3) is 0 Å². The summed E-state index contributed by atoms with van der Waals surface area (Å²) in [5, 5.41) is 3.10. The zero-order valence-electron chi connectivity index (χ0n) is 6.79. The fourth-order valence-electron chi connectivity index (χ4n) is 0.870. The maximum Gasteiger partial charge on any atom is 0.0797 e. The first-order chi connectivity index (χ1) is 5.33. The lowest BCUT2D eigenvalue weighted by atomic mass is 10.3. The first-order valence-electron chi connectivity index (χ1n) is 3.53. The second-order valence-electron chi connectivity index (χ2n) is 2.42. The zero-order chi connectivity index (χ0) is 8.10. The topological polar surface area (TPSA) is 24.9 Å². The van der Waals surface area contributed by atoms with Gasteiger partial charge in [-0.3, -0.25) is 4.98 Å². The van der Waals surface area contributed by atoms with Crippen LogP contribution in [0.1, 0.15) is 11.8 Å². The number of aromatic nitrogens is 1. The summed E-state index contributed by atoms with van der Waals surface area (Å²) in [7, 11) is 1.95. The second-order valence-corrected chi connectivity index (χ2v) is 3.34. The molecule has 0 radical (unpaired) electrons. The minimum atomic E-state index is 0.942. The van der Waals surface area contributed by atoms with E-state index >= 15 is 0 Å². The Morgan fingerprint density at radius 1 is 1.82 bits per heavy atom. The Kier molecular flexibility index (Phi) is 3.26. The number of hydrogen-bond donors (Lipinski definition) is 1. The van der Waals surface area contributed by atoms with E-state index in [4.69, 9.17) is 0 Å². The quantitative estimate of drug-likeness (QED) is 0.744. The predicted octanol–water partition coefficient (Wildman–Crippen LogP) is 1.77. The maximum atomic E-state index is 3.99. The number of thiazole rings is 1. The molecule has 0 bridgehead atoms. The number of nitrogens with zero attached hydrogens (tertiary/aromatic N) is 1. The van der Waals surface area contributed by atoms with Gasteiger partial charge < -0.3 is 5.32 Å². The summed E-state index contributed by atoms with van der Waals surface area (Å²) in [5.41, 5.74) is 3.18. The lowest BCUT2D eigenvalue weighted by Gasteiger charge is -1.96. The Morgan fingerprint density at radius 2 is 2.64 bits per heavy atom.